The summed E-state index contributed by atoms with van der Waals surface area (Å²) in [6, 6.07) is 16.0. The van der Waals surface area contributed by atoms with Crippen LogP contribution in [0.3, 0.4) is 0 Å². The average Bonchev–Trinajstić information content (AvgIpc) is 3.22. The van der Waals surface area contributed by atoms with Gasteiger partial charge in [-0.25, -0.2) is 0 Å². The van der Waals surface area contributed by atoms with Crippen LogP contribution in [0.15, 0.2) is 73.8 Å². The van der Waals surface area contributed by atoms with Gasteiger partial charge in [0.15, 0.2) is 0 Å². The molecule has 2 aromatic heterocycles. The van der Waals surface area contributed by atoms with E-state index in [2.05, 4.69) is 35.8 Å². The molecule has 0 spiro atoms. The summed E-state index contributed by atoms with van der Waals surface area (Å²) >= 11 is 0. The largest absolute Gasteiger partial charge is 2.00 e. The third-order valence-corrected chi connectivity index (χ3v) is 3.55. The van der Waals surface area contributed by atoms with Gasteiger partial charge >= 0.3 is 18.6 Å². The SMILES string of the molecule is C=CCn1[c-]nc2ccccc21.C=CCn1[c-]nc2ccccc21.Cl.Cl.Cl.[V+2]. The fourth-order valence-electron chi connectivity index (χ4n) is 2.45. The minimum atomic E-state index is 0. The zero-order valence-corrected chi connectivity index (χ0v) is 18.9. The second-order valence-corrected chi connectivity index (χ2v) is 5.20. The molecule has 0 saturated heterocycles. The summed E-state index contributed by atoms with van der Waals surface area (Å²) in [6.07, 6.45) is 9.50. The van der Waals surface area contributed by atoms with Crippen LogP contribution in [0.25, 0.3) is 22.1 Å². The molecular formula is C20H21Cl3N4V. The summed E-state index contributed by atoms with van der Waals surface area (Å²) in [5, 5.41) is 0. The number of hydrogen-bond donors (Lipinski definition) is 0. The number of allylic oxidation sites excluding steroid dienone is 2. The van der Waals surface area contributed by atoms with Crippen molar-refractivity contribution in [2.45, 2.75) is 13.1 Å². The van der Waals surface area contributed by atoms with E-state index in [1.165, 1.54) is 0 Å². The number of imidazole rings is 2. The molecule has 0 amide bonds. The summed E-state index contributed by atoms with van der Waals surface area (Å²) < 4.78 is 3.89. The number of hydrogen-bond acceptors (Lipinski definition) is 2. The van der Waals surface area contributed by atoms with E-state index < -0.39 is 0 Å². The zero-order valence-electron chi connectivity index (χ0n) is 15.1. The summed E-state index contributed by atoms with van der Waals surface area (Å²) in [4.78, 5) is 8.25. The topological polar surface area (TPSA) is 35.6 Å². The Kier molecular flexibility index (Phi) is 14.6. The minimum Gasteiger partial charge on any atom is -0.444 e. The maximum absolute atomic E-state index is 4.13. The van der Waals surface area contributed by atoms with Gasteiger partial charge in [0.2, 0.25) is 0 Å². The van der Waals surface area contributed by atoms with Crippen molar-refractivity contribution in [3.8, 4) is 0 Å². The maximum Gasteiger partial charge on any atom is 2.00 e. The van der Waals surface area contributed by atoms with Gasteiger partial charge in [0.1, 0.15) is 0 Å². The summed E-state index contributed by atoms with van der Waals surface area (Å²) in [5.74, 6) is 0. The first kappa shape index (κ1) is 28.5. The van der Waals surface area contributed by atoms with Crippen molar-refractivity contribution in [1.29, 1.82) is 0 Å². The van der Waals surface area contributed by atoms with E-state index in [1.807, 2.05) is 69.8 Å². The minimum absolute atomic E-state index is 0. The van der Waals surface area contributed by atoms with E-state index in [9.17, 15) is 0 Å². The predicted octanol–water partition coefficient (Wildman–Crippen LogP) is 5.31. The Hall–Kier alpha value is -1.69. The number of nitrogens with zero attached hydrogens (tertiary/aromatic N) is 4. The van der Waals surface area contributed by atoms with E-state index in [4.69, 9.17) is 0 Å². The molecule has 0 unspecified atom stereocenters. The quantitative estimate of drug-likeness (QED) is 0.297. The van der Waals surface area contributed by atoms with Crippen LogP contribution in [0.4, 0.5) is 0 Å². The predicted molar refractivity (Wildman–Crippen MR) is 119 cm³/mol. The Morgan fingerprint density at radius 1 is 0.714 bits per heavy atom. The molecule has 0 fully saturated rings. The smallest absolute Gasteiger partial charge is 0.444 e. The van der Waals surface area contributed by atoms with Crippen LogP contribution in [0.5, 0.6) is 0 Å². The van der Waals surface area contributed by atoms with Gasteiger partial charge in [0, 0.05) is 25.7 Å². The van der Waals surface area contributed by atoms with Gasteiger partial charge in [-0.1, -0.05) is 58.5 Å². The molecule has 4 aromatic rings. The molecule has 0 N–H and O–H groups in total. The van der Waals surface area contributed by atoms with Crippen LogP contribution >= 0.6 is 37.2 Å². The fourth-order valence-corrected chi connectivity index (χ4v) is 2.45. The van der Waals surface area contributed by atoms with Gasteiger partial charge in [-0.05, 0) is 0 Å². The zero-order chi connectivity index (χ0) is 16.8. The van der Waals surface area contributed by atoms with E-state index in [-0.39, 0.29) is 55.8 Å². The monoisotopic (exact) mass is 473 g/mol. The first-order valence-electron chi connectivity index (χ1n) is 7.71. The van der Waals surface area contributed by atoms with Gasteiger partial charge in [-0.3, -0.25) is 0 Å². The van der Waals surface area contributed by atoms with E-state index in [0.29, 0.717) is 0 Å². The van der Waals surface area contributed by atoms with E-state index in [0.717, 1.165) is 35.2 Å². The molecule has 4 nitrogen and oxygen atoms in total. The molecule has 28 heavy (non-hydrogen) atoms. The molecular weight excluding hydrogens is 454 g/mol. The first-order chi connectivity index (χ1) is 11.8. The van der Waals surface area contributed by atoms with Crippen molar-refractivity contribution in [1.82, 2.24) is 19.1 Å². The Morgan fingerprint density at radius 3 is 1.43 bits per heavy atom. The van der Waals surface area contributed by atoms with Crippen LogP contribution in [-0.4, -0.2) is 19.1 Å². The van der Waals surface area contributed by atoms with Crippen molar-refractivity contribution in [3.63, 3.8) is 0 Å². The Balaban J connectivity index is 0. The van der Waals surface area contributed by atoms with Crippen molar-refractivity contribution in [2.24, 2.45) is 0 Å². The van der Waals surface area contributed by atoms with Crippen LogP contribution < -0.4 is 0 Å². The van der Waals surface area contributed by atoms with Crippen LogP contribution in [0.2, 0.25) is 0 Å². The second kappa shape index (κ2) is 14.3. The number of rotatable bonds is 4. The van der Waals surface area contributed by atoms with Gasteiger partial charge in [-0.2, -0.15) is 0 Å². The van der Waals surface area contributed by atoms with E-state index in [1.54, 1.807) is 0 Å². The molecule has 0 aliphatic rings. The van der Waals surface area contributed by atoms with Gasteiger partial charge in [0.05, 0.1) is 0 Å². The normalized spacial score (nSPS) is 8.86. The Labute approximate surface area is 195 Å². The fraction of sp³-hybridized carbons (Fsp3) is 0.100. The maximum atomic E-state index is 4.13. The van der Waals surface area contributed by atoms with Crippen molar-refractivity contribution in [3.05, 3.63) is 86.5 Å². The molecule has 0 saturated carbocycles. The Morgan fingerprint density at radius 2 is 1.07 bits per heavy atom. The van der Waals surface area contributed by atoms with Gasteiger partial charge in [0.25, 0.3) is 0 Å². The number of fused-ring (bicyclic) bond motifs is 2. The molecule has 147 valence electrons. The number of aromatic nitrogens is 4. The van der Waals surface area contributed by atoms with Crippen LogP contribution in [-0.2, 0) is 31.6 Å². The summed E-state index contributed by atoms with van der Waals surface area (Å²) in [6.45, 7) is 8.88. The molecule has 0 aliphatic carbocycles. The van der Waals surface area contributed by atoms with Crippen molar-refractivity contribution in [2.75, 3.05) is 0 Å². The summed E-state index contributed by atoms with van der Waals surface area (Å²) in [7, 11) is 0. The average molecular weight is 475 g/mol. The van der Waals surface area contributed by atoms with Crippen LogP contribution in [0.1, 0.15) is 0 Å². The number of para-hydroxylation sites is 4. The van der Waals surface area contributed by atoms with Crippen LogP contribution in [0, 0.1) is 12.7 Å². The number of benzene rings is 2. The van der Waals surface area contributed by atoms with Gasteiger partial charge < -0.3 is 19.1 Å². The molecule has 2 heterocycles. The Bertz CT molecular complexity index is 902. The third-order valence-electron chi connectivity index (χ3n) is 3.55. The first-order valence-corrected chi connectivity index (χ1v) is 7.71. The molecule has 1 radical (unpaired) electrons. The molecule has 2 aromatic carbocycles. The van der Waals surface area contributed by atoms with Crippen molar-refractivity contribution >= 4 is 59.3 Å². The summed E-state index contributed by atoms with van der Waals surface area (Å²) in [5.41, 5.74) is 4.19. The molecule has 8 heteroatoms. The van der Waals surface area contributed by atoms with Gasteiger partial charge in [-0.15, -0.1) is 74.6 Å². The molecule has 4 rings (SSSR count). The third kappa shape index (κ3) is 6.73. The molecule has 0 bridgehead atoms. The van der Waals surface area contributed by atoms with Crippen molar-refractivity contribution < 1.29 is 18.6 Å². The standard InChI is InChI=1S/2C10H9N2.3ClH.V/c2*1-2-7-12-8-11-9-5-3-4-6-10(9)12;;;;/h2*2-6H,1,7H2;3*1H;/q2*-1;;;;+2. The molecule has 0 atom stereocenters. The number of halogens is 3. The van der Waals surface area contributed by atoms with E-state index >= 15 is 0 Å². The second-order valence-electron chi connectivity index (χ2n) is 5.20. The molecule has 0 aliphatic heterocycles.